The minimum atomic E-state index is -4.64. The number of nitrogens with zero attached hydrogens (tertiary/aromatic N) is 2. The molecule has 24 heavy (non-hydrogen) atoms. The average molecular weight is 345 g/mol. The molecule has 6 nitrogen and oxygen atoms in total. The molecule has 0 heterocycles. The highest BCUT2D eigenvalue weighted by Gasteiger charge is 2.34. The summed E-state index contributed by atoms with van der Waals surface area (Å²) < 4.78 is 38.1. The number of carbonyl (C=O) groups excluding carboxylic acids is 3. The van der Waals surface area contributed by atoms with E-state index in [1.54, 1.807) is 0 Å². The van der Waals surface area contributed by atoms with Crippen LogP contribution in [0.1, 0.15) is 17.3 Å². The highest BCUT2D eigenvalue weighted by molar-refractivity contribution is 5.98. The molecule has 1 aromatic rings. The molecule has 0 aromatic heterocycles. The Hall–Kier alpha value is -2.58. The second-order valence-corrected chi connectivity index (χ2v) is 5.33. The van der Waals surface area contributed by atoms with Crippen molar-refractivity contribution in [3.05, 3.63) is 29.8 Å². The van der Waals surface area contributed by atoms with Crippen LogP contribution < -0.4 is 5.32 Å². The first-order valence-electron chi connectivity index (χ1n) is 6.93. The fraction of sp³-hybridized carbons (Fsp3) is 0.400. The number of nitrogens with one attached hydrogen (secondary N) is 1. The molecule has 0 aliphatic carbocycles. The maximum absolute atomic E-state index is 12.7. The zero-order valence-corrected chi connectivity index (χ0v) is 13.5. The van der Waals surface area contributed by atoms with Crippen LogP contribution in [0.15, 0.2) is 24.3 Å². The molecule has 0 unspecified atom stereocenters. The largest absolute Gasteiger partial charge is 0.406 e. The molecule has 0 radical (unpaired) electrons. The van der Waals surface area contributed by atoms with Crippen LogP contribution >= 0.6 is 0 Å². The Kier molecular flexibility index (Phi) is 6.33. The number of carbonyl (C=O) groups is 3. The molecule has 3 amide bonds. The van der Waals surface area contributed by atoms with Crippen molar-refractivity contribution in [2.45, 2.75) is 13.1 Å². The zero-order valence-electron chi connectivity index (χ0n) is 13.5. The van der Waals surface area contributed by atoms with Gasteiger partial charge in [0.2, 0.25) is 11.8 Å². The van der Waals surface area contributed by atoms with E-state index in [0.717, 1.165) is 4.90 Å². The Morgan fingerprint density at radius 3 is 2.29 bits per heavy atom. The van der Waals surface area contributed by atoms with Crippen LogP contribution in [-0.2, 0) is 9.59 Å². The van der Waals surface area contributed by atoms with E-state index in [2.05, 4.69) is 5.32 Å². The molecule has 1 N–H and O–H groups in total. The number of anilines is 1. The third-order valence-electron chi connectivity index (χ3n) is 2.91. The minimum Gasteiger partial charge on any atom is -0.347 e. The molecule has 0 atom stereocenters. The van der Waals surface area contributed by atoms with Gasteiger partial charge in [-0.2, -0.15) is 13.2 Å². The van der Waals surface area contributed by atoms with Gasteiger partial charge in [0.05, 0.1) is 0 Å². The van der Waals surface area contributed by atoms with E-state index in [0.29, 0.717) is 4.90 Å². The van der Waals surface area contributed by atoms with E-state index in [1.165, 1.54) is 45.3 Å². The van der Waals surface area contributed by atoms with Gasteiger partial charge < -0.3 is 15.1 Å². The zero-order chi connectivity index (χ0) is 18.5. The summed E-state index contributed by atoms with van der Waals surface area (Å²) in [5.74, 6) is -1.96. The number of halogens is 3. The monoisotopic (exact) mass is 345 g/mol. The van der Waals surface area contributed by atoms with Crippen molar-refractivity contribution in [3.8, 4) is 0 Å². The van der Waals surface area contributed by atoms with Gasteiger partial charge in [-0.3, -0.25) is 14.4 Å². The van der Waals surface area contributed by atoms with Crippen LogP contribution in [0.25, 0.3) is 0 Å². The van der Waals surface area contributed by atoms with Gasteiger partial charge in [0.15, 0.2) is 0 Å². The molecule has 132 valence electrons. The third kappa shape index (κ3) is 6.27. The first-order valence-corrected chi connectivity index (χ1v) is 6.93. The highest BCUT2D eigenvalue weighted by atomic mass is 19.4. The summed E-state index contributed by atoms with van der Waals surface area (Å²) in [4.78, 5) is 36.6. The molecule has 9 heteroatoms. The summed E-state index contributed by atoms with van der Waals surface area (Å²) in [7, 11) is 2.77. The fourth-order valence-electron chi connectivity index (χ4n) is 1.84. The van der Waals surface area contributed by atoms with Gasteiger partial charge >= 0.3 is 6.18 Å². The van der Waals surface area contributed by atoms with Crippen LogP contribution in [0.5, 0.6) is 0 Å². The summed E-state index contributed by atoms with van der Waals surface area (Å²) in [5, 5.41) is 2.44. The maximum atomic E-state index is 12.7. The van der Waals surface area contributed by atoms with Gasteiger partial charge in [0, 0.05) is 32.3 Å². The molecule has 0 saturated heterocycles. The van der Waals surface area contributed by atoms with Gasteiger partial charge in [-0.15, -0.1) is 0 Å². The van der Waals surface area contributed by atoms with Crippen molar-refractivity contribution in [1.82, 2.24) is 9.80 Å². The van der Waals surface area contributed by atoms with Crippen LogP contribution in [-0.4, -0.2) is 60.9 Å². The summed E-state index contributed by atoms with van der Waals surface area (Å²) >= 11 is 0. The van der Waals surface area contributed by atoms with Crippen LogP contribution in [0.4, 0.5) is 18.9 Å². The minimum absolute atomic E-state index is 0.0583. The number of likely N-dealkylation sites (N-methyl/N-ethyl adjacent to an activating group) is 1. The third-order valence-corrected chi connectivity index (χ3v) is 2.91. The normalized spacial score (nSPS) is 10.9. The smallest absolute Gasteiger partial charge is 0.347 e. The van der Waals surface area contributed by atoms with Crippen molar-refractivity contribution in [2.24, 2.45) is 0 Å². The molecule has 0 saturated carbocycles. The lowest BCUT2D eigenvalue weighted by atomic mass is 10.1. The first kappa shape index (κ1) is 19.5. The van der Waals surface area contributed by atoms with Gasteiger partial charge in [-0.05, 0) is 18.2 Å². The molecule has 1 aromatic carbocycles. The average Bonchev–Trinajstić information content (AvgIpc) is 2.43. The topological polar surface area (TPSA) is 69.7 Å². The van der Waals surface area contributed by atoms with Gasteiger partial charge in [0.25, 0.3) is 5.91 Å². The standard InChI is InChI=1S/C15H18F3N3O3/c1-10(22)19-12-6-4-5-11(7-12)14(24)21(9-15(16,17)18)8-13(23)20(2)3/h4-7H,8-9H2,1-3H3,(H,19,22). The molecule has 1 rings (SSSR count). The lowest BCUT2D eigenvalue weighted by Crippen LogP contribution is -2.44. The summed E-state index contributed by atoms with van der Waals surface area (Å²) in [6, 6.07) is 5.50. The second-order valence-electron chi connectivity index (χ2n) is 5.33. The summed E-state index contributed by atoms with van der Waals surface area (Å²) in [6.07, 6.45) is -4.64. The van der Waals surface area contributed by atoms with E-state index in [-0.39, 0.29) is 17.2 Å². The fourth-order valence-corrected chi connectivity index (χ4v) is 1.84. The molecule has 0 bridgehead atoms. The Balaban J connectivity index is 3.06. The van der Waals surface area contributed by atoms with Crippen LogP contribution in [0.3, 0.4) is 0 Å². The molecule has 0 fully saturated rings. The Morgan fingerprint density at radius 2 is 1.79 bits per heavy atom. The van der Waals surface area contributed by atoms with E-state index in [4.69, 9.17) is 0 Å². The lowest BCUT2D eigenvalue weighted by Gasteiger charge is -2.25. The Labute approximate surface area is 137 Å². The highest BCUT2D eigenvalue weighted by Crippen LogP contribution is 2.19. The summed E-state index contributed by atoms with van der Waals surface area (Å²) in [6.45, 7) is -0.980. The number of alkyl halides is 3. The number of hydrogen-bond donors (Lipinski definition) is 1. The SMILES string of the molecule is CC(=O)Nc1cccc(C(=O)N(CC(=O)N(C)C)CC(F)(F)F)c1. The van der Waals surface area contributed by atoms with Crippen molar-refractivity contribution in [1.29, 1.82) is 0 Å². The molecule has 0 aliphatic rings. The van der Waals surface area contributed by atoms with Crippen molar-refractivity contribution < 1.29 is 27.6 Å². The molecular formula is C15H18F3N3O3. The number of hydrogen-bond acceptors (Lipinski definition) is 3. The van der Waals surface area contributed by atoms with Crippen LogP contribution in [0, 0.1) is 0 Å². The predicted molar refractivity (Wildman–Crippen MR) is 81.4 cm³/mol. The van der Waals surface area contributed by atoms with Crippen molar-refractivity contribution >= 4 is 23.4 Å². The van der Waals surface area contributed by atoms with Gasteiger partial charge in [0.1, 0.15) is 13.1 Å². The van der Waals surface area contributed by atoms with E-state index in [1.807, 2.05) is 0 Å². The molecular weight excluding hydrogens is 327 g/mol. The number of benzene rings is 1. The lowest BCUT2D eigenvalue weighted by molar-refractivity contribution is -0.146. The first-order chi connectivity index (χ1) is 11.0. The van der Waals surface area contributed by atoms with Crippen LogP contribution in [0.2, 0.25) is 0 Å². The van der Waals surface area contributed by atoms with E-state index in [9.17, 15) is 27.6 Å². The van der Waals surface area contributed by atoms with E-state index < -0.39 is 31.1 Å². The molecule has 0 aliphatic heterocycles. The summed E-state index contributed by atoms with van der Waals surface area (Å²) in [5.41, 5.74) is 0.219. The van der Waals surface area contributed by atoms with Gasteiger partial charge in [-0.1, -0.05) is 6.07 Å². The second kappa shape index (κ2) is 7.80. The van der Waals surface area contributed by atoms with Crippen molar-refractivity contribution in [2.75, 3.05) is 32.5 Å². The van der Waals surface area contributed by atoms with Crippen molar-refractivity contribution in [3.63, 3.8) is 0 Å². The number of rotatable bonds is 5. The Bertz CT molecular complexity index is 630. The van der Waals surface area contributed by atoms with E-state index >= 15 is 0 Å². The Morgan fingerprint density at radius 1 is 1.17 bits per heavy atom. The predicted octanol–water partition coefficient (Wildman–Crippen LogP) is 1.74. The molecule has 0 spiro atoms. The quantitative estimate of drug-likeness (QED) is 0.884. The van der Waals surface area contributed by atoms with Gasteiger partial charge in [-0.25, -0.2) is 0 Å². The number of amides is 3. The maximum Gasteiger partial charge on any atom is 0.406 e.